The highest BCUT2D eigenvalue weighted by atomic mass is 19.4. The van der Waals surface area contributed by atoms with Crippen LogP contribution in [0.1, 0.15) is 34.7 Å². The van der Waals surface area contributed by atoms with Gasteiger partial charge in [-0.1, -0.05) is 30.3 Å². The molecule has 192 valence electrons. The molecule has 2 aromatic rings. The van der Waals surface area contributed by atoms with Gasteiger partial charge in [-0.3, -0.25) is 19.6 Å². The highest BCUT2D eigenvalue weighted by Gasteiger charge is 2.43. The number of alkyl halides is 3. The summed E-state index contributed by atoms with van der Waals surface area (Å²) in [4.78, 5) is 41.9. The van der Waals surface area contributed by atoms with Crippen molar-refractivity contribution in [1.82, 2.24) is 15.3 Å². The highest BCUT2D eigenvalue weighted by molar-refractivity contribution is 5.95. The molecule has 3 atom stereocenters. The monoisotopic (exact) mass is 505 g/mol. The number of rotatable bonds is 5. The molecule has 0 aliphatic carbocycles. The van der Waals surface area contributed by atoms with Crippen molar-refractivity contribution in [1.29, 1.82) is 0 Å². The Morgan fingerprint density at radius 2 is 1.56 bits per heavy atom. The summed E-state index contributed by atoms with van der Waals surface area (Å²) in [7, 11) is 0. The van der Waals surface area contributed by atoms with Gasteiger partial charge in [-0.15, -0.1) is 13.2 Å². The van der Waals surface area contributed by atoms with Gasteiger partial charge in [0.2, 0.25) is 11.8 Å². The topological polar surface area (TPSA) is 99.2 Å². The van der Waals surface area contributed by atoms with Crippen LogP contribution < -0.4 is 10.2 Å². The summed E-state index contributed by atoms with van der Waals surface area (Å²) < 4.78 is 41.0. The lowest BCUT2D eigenvalue weighted by atomic mass is 9.83. The van der Waals surface area contributed by atoms with Crippen LogP contribution in [0, 0.1) is 11.8 Å². The van der Waals surface area contributed by atoms with E-state index in [1.807, 2.05) is 30.3 Å². The fraction of sp³-hybridized carbons (Fsp3) is 0.400. The number of likely N-dealkylation sites (tertiary alicyclic amines) is 2. The number of piperidine rings is 1. The predicted octanol–water partition coefficient (Wildman–Crippen LogP) is 3.19. The SMILES string of the molecule is O=C(NO)C1CN(C(=O)c2ccc(OC(F)(F)F)cc2)CCC1C(=O)N1CCC(c2ccccc2)C1. The molecule has 2 aliphatic heterocycles. The third-order valence-corrected chi connectivity index (χ3v) is 6.77. The molecule has 3 unspecified atom stereocenters. The van der Waals surface area contributed by atoms with Crippen LogP contribution in [0.25, 0.3) is 0 Å². The second-order valence-corrected chi connectivity index (χ2v) is 8.98. The van der Waals surface area contributed by atoms with Gasteiger partial charge in [0.1, 0.15) is 5.75 Å². The molecule has 36 heavy (non-hydrogen) atoms. The molecule has 3 amide bonds. The Balaban J connectivity index is 1.43. The molecule has 2 N–H and O–H groups in total. The minimum absolute atomic E-state index is 0.113. The lowest BCUT2D eigenvalue weighted by Gasteiger charge is -2.38. The van der Waals surface area contributed by atoms with E-state index in [9.17, 15) is 32.8 Å². The minimum atomic E-state index is -4.85. The van der Waals surface area contributed by atoms with Crippen molar-refractivity contribution in [3.05, 3.63) is 65.7 Å². The fourth-order valence-electron chi connectivity index (χ4n) is 4.95. The predicted molar refractivity (Wildman–Crippen MR) is 121 cm³/mol. The van der Waals surface area contributed by atoms with Crippen molar-refractivity contribution >= 4 is 17.7 Å². The first-order valence-corrected chi connectivity index (χ1v) is 11.6. The van der Waals surface area contributed by atoms with Crippen LogP contribution in [0.3, 0.4) is 0 Å². The molecule has 2 aliphatic rings. The molecular weight excluding hydrogens is 479 g/mol. The molecule has 0 bridgehead atoms. The second kappa shape index (κ2) is 10.6. The minimum Gasteiger partial charge on any atom is -0.406 e. The summed E-state index contributed by atoms with van der Waals surface area (Å²) in [5.74, 6) is -3.39. The van der Waals surface area contributed by atoms with Crippen LogP contribution in [0.4, 0.5) is 13.2 Å². The molecule has 0 aromatic heterocycles. The van der Waals surface area contributed by atoms with Crippen molar-refractivity contribution < 1.29 is 37.5 Å². The van der Waals surface area contributed by atoms with Gasteiger partial charge in [-0.05, 0) is 42.7 Å². The maximum absolute atomic E-state index is 13.4. The Labute approximate surface area is 205 Å². The van der Waals surface area contributed by atoms with Gasteiger partial charge in [0, 0.05) is 37.7 Å². The zero-order chi connectivity index (χ0) is 25.9. The van der Waals surface area contributed by atoms with E-state index in [-0.39, 0.29) is 36.9 Å². The van der Waals surface area contributed by atoms with Crippen LogP contribution in [-0.2, 0) is 9.59 Å². The van der Waals surface area contributed by atoms with Gasteiger partial charge in [0.05, 0.1) is 11.8 Å². The molecule has 0 radical (unpaired) electrons. The average molecular weight is 505 g/mol. The first kappa shape index (κ1) is 25.5. The lowest BCUT2D eigenvalue weighted by Crippen LogP contribution is -2.53. The van der Waals surface area contributed by atoms with Crippen molar-refractivity contribution in [2.45, 2.75) is 25.1 Å². The second-order valence-electron chi connectivity index (χ2n) is 8.98. The summed E-state index contributed by atoms with van der Waals surface area (Å²) in [5.41, 5.74) is 2.86. The van der Waals surface area contributed by atoms with Crippen LogP contribution in [0.15, 0.2) is 54.6 Å². The summed E-state index contributed by atoms with van der Waals surface area (Å²) in [5, 5.41) is 9.27. The van der Waals surface area contributed by atoms with Crippen LogP contribution in [0.5, 0.6) is 5.75 Å². The first-order valence-electron chi connectivity index (χ1n) is 11.6. The van der Waals surface area contributed by atoms with Crippen LogP contribution in [-0.4, -0.2) is 65.3 Å². The maximum atomic E-state index is 13.4. The Kier molecular flexibility index (Phi) is 7.48. The average Bonchev–Trinajstić information content (AvgIpc) is 3.37. The number of carbonyl (C=O) groups is 3. The molecular formula is C25H26F3N3O5. The van der Waals surface area contributed by atoms with Crippen molar-refractivity contribution in [3.8, 4) is 5.75 Å². The lowest BCUT2D eigenvalue weighted by molar-refractivity contribution is -0.274. The fourth-order valence-corrected chi connectivity index (χ4v) is 4.95. The number of hydroxylamine groups is 1. The van der Waals surface area contributed by atoms with Crippen molar-refractivity contribution in [3.63, 3.8) is 0 Å². The number of benzene rings is 2. The normalized spacial score (nSPS) is 22.3. The van der Waals surface area contributed by atoms with Gasteiger partial charge in [-0.25, -0.2) is 5.48 Å². The third kappa shape index (κ3) is 5.78. The van der Waals surface area contributed by atoms with E-state index in [2.05, 4.69) is 4.74 Å². The van der Waals surface area contributed by atoms with Gasteiger partial charge in [-0.2, -0.15) is 0 Å². The van der Waals surface area contributed by atoms with E-state index >= 15 is 0 Å². The molecule has 4 rings (SSSR count). The van der Waals surface area contributed by atoms with E-state index in [0.717, 1.165) is 24.1 Å². The van der Waals surface area contributed by atoms with Crippen molar-refractivity contribution in [2.24, 2.45) is 11.8 Å². The molecule has 2 heterocycles. The maximum Gasteiger partial charge on any atom is 0.573 e. The number of carbonyl (C=O) groups excluding carboxylic acids is 3. The van der Waals surface area contributed by atoms with E-state index in [4.69, 9.17) is 0 Å². The summed E-state index contributed by atoms with van der Waals surface area (Å²) in [6, 6.07) is 14.3. The van der Waals surface area contributed by atoms with Crippen LogP contribution in [0.2, 0.25) is 0 Å². The first-order chi connectivity index (χ1) is 17.2. The largest absolute Gasteiger partial charge is 0.573 e. The molecule has 2 saturated heterocycles. The third-order valence-electron chi connectivity index (χ3n) is 6.77. The summed E-state index contributed by atoms with van der Waals surface area (Å²) >= 11 is 0. The summed E-state index contributed by atoms with van der Waals surface area (Å²) in [6.45, 7) is 1.15. The molecule has 0 saturated carbocycles. The smallest absolute Gasteiger partial charge is 0.406 e. The quantitative estimate of drug-likeness (QED) is 0.481. The van der Waals surface area contributed by atoms with Gasteiger partial charge in [0.15, 0.2) is 0 Å². The van der Waals surface area contributed by atoms with Crippen molar-refractivity contribution in [2.75, 3.05) is 26.2 Å². The van der Waals surface area contributed by atoms with Gasteiger partial charge >= 0.3 is 6.36 Å². The Bertz CT molecular complexity index is 1090. The number of hydrogen-bond acceptors (Lipinski definition) is 5. The number of halogens is 3. The zero-order valence-electron chi connectivity index (χ0n) is 19.3. The number of hydrogen-bond donors (Lipinski definition) is 2. The number of nitrogens with one attached hydrogen (secondary N) is 1. The zero-order valence-corrected chi connectivity index (χ0v) is 19.3. The Morgan fingerprint density at radius 3 is 2.19 bits per heavy atom. The van der Waals surface area contributed by atoms with Gasteiger partial charge in [0.25, 0.3) is 5.91 Å². The summed E-state index contributed by atoms with van der Waals surface area (Å²) in [6.07, 6.45) is -3.83. The molecule has 2 fully saturated rings. The Hall–Kier alpha value is -3.60. The van der Waals surface area contributed by atoms with Gasteiger partial charge < -0.3 is 14.5 Å². The number of nitrogens with zero attached hydrogens (tertiary/aromatic N) is 2. The van der Waals surface area contributed by atoms with E-state index in [1.54, 1.807) is 10.4 Å². The molecule has 8 nitrogen and oxygen atoms in total. The molecule has 11 heteroatoms. The molecule has 0 spiro atoms. The standard InChI is InChI=1S/C25H26F3N3O5/c26-25(27,28)36-19-8-6-17(7-9-19)23(33)31-13-11-20(21(15-31)22(32)29-35)24(34)30-12-10-18(14-30)16-4-2-1-3-5-16/h1-9,18,20-21,35H,10-15H2,(H,29,32). The van der Waals surface area contributed by atoms with E-state index in [0.29, 0.717) is 13.1 Å². The Morgan fingerprint density at radius 1 is 0.889 bits per heavy atom. The van der Waals surface area contributed by atoms with E-state index in [1.165, 1.54) is 17.0 Å². The molecule has 2 aromatic carbocycles. The number of amides is 3. The number of ether oxygens (including phenoxy) is 1. The van der Waals surface area contributed by atoms with Crippen LogP contribution >= 0.6 is 0 Å². The highest BCUT2D eigenvalue weighted by Crippen LogP contribution is 2.32. The van der Waals surface area contributed by atoms with E-state index < -0.39 is 35.8 Å².